The summed E-state index contributed by atoms with van der Waals surface area (Å²) in [4.78, 5) is 11.7. The standard InChI is InChI=1S/C16H14FNO2/c1-20-16(19)11-8-14(10-3-2-4-12(17)7-10)13-5-6-18-15(13)9-11/h2-4,7-9,18H,5-6H2,1H3. The molecule has 1 aliphatic rings. The maximum Gasteiger partial charge on any atom is 0.337 e. The second kappa shape index (κ2) is 4.96. The molecule has 1 heterocycles. The SMILES string of the molecule is COC(=O)c1cc2c(c(-c3cccc(F)c3)c1)CCN2. The van der Waals surface area contributed by atoms with Crippen molar-refractivity contribution in [2.75, 3.05) is 19.0 Å². The third kappa shape index (κ3) is 2.13. The van der Waals surface area contributed by atoms with Crippen LogP contribution in [-0.2, 0) is 11.2 Å². The number of fused-ring (bicyclic) bond motifs is 1. The first-order valence-corrected chi connectivity index (χ1v) is 6.44. The van der Waals surface area contributed by atoms with Crippen LogP contribution in [0.15, 0.2) is 36.4 Å². The van der Waals surface area contributed by atoms with Crippen molar-refractivity contribution in [3.63, 3.8) is 0 Å². The highest BCUT2D eigenvalue weighted by molar-refractivity contribution is 5.94. The molecular weight excluding hydrogens is 257 g/mol. The predicted molar refractivity (Wildman–Crippen MR) is 75.4 cm³/mol. The highest BCUT2D eigenvalue weighted by Crippen LogP contribution is 2.34. The van der Waals surface area contributed by atoms with Crippen LogP contribution < -0.4 is 5.32 Å². The quantitative estimate of drug-likeness (QED) is 0.852. The third-order valence-corrected chi connectivity index (χ3v) is 3.50. The van der Waals surface area contributed by atoms with Gasteiger partial charge in [-0.05, 0) is 47.4 Å². The van der Waals surface area contributed by atoms with Crippen LogP contribution in [0, 0.1) is 5.82 Å². The second-order valence-corrected chi connectivity index (χ2v) is 4.73. The number of anilines is 1. The Morgan fingerprint density at radius 2 is 2.15 bits per heavy atom. The van der Waals surface area contributed by atoms with Crippen LogP contribution in [0.5, 0.6) is 0 Å². The van der Waals surface area contributed by atoms with Gasteiger partial charge in [0.05, 0.1) is 12.7 Å². The largest absolute Gasteiger partial charge is 0.465 e. The van der Waals surface area contributed by atoms with Crippen LogP contribution in [0.3, 0.4) is 0 Å². The normalized spacial score (nSPS) is 12.7. The number of halogens is 1. The topological polar surface area (TPSA) is 38.3 Å². The van der Waals surface area contributed by atoms with Crippen molar-refractivity contribution >= 4 is 11.7 Å². The predicted octanol–water partition coefficient (Wildman–Crippen LogP) is 3.25. The zero-order valence-corrected chi connectivity index (χ0v) is 11.1. The van der Waals surface area contributed by atoms with E-state index in [4.69, 9.17) is 4.74 Å². The molecule has 2 aromatic rings. The van der Waals surface area contributed by atoms with Gasteiger partial charge in [0.1, 0.15) is 5.82 Å². The summed E-state index contributed by atoms with van der Waals surface area (Å²) in [6, 6.07) is 9.97. The number of carbonyl (C=O) groups excluding carboxylic acids is 1. The molecule has 0 fully saturated rings. The Bertz CT molecular complexity index is 682. The lowest BCUT2D eigenvalue weighted by Gasteiger charge is -2.11. The molecule has 102 valence electrons. The smallest absolute Gasteiger partial charge is 0.337 e. The summed E-state index contributed by atoms with van der Waals surface area (Å²) in [5.74, 6) is -0.676. The van der Waals surface area contributed by atoms with E-state index in [2.05, 4.69) is 5.32 Å². The fraction of sp³-hybridized carbons (Fsp3) is 0.188. The second-order valence-electron chi connectivity index (χ2n) is 4.73. The number of carbonyl (C=O) groups is 1. The van der Waals surface area contributed by atoms with E-state index < -0.39 is 0 Å². The van der Waals surface area contributed by atoms with E-state index in [-0.39, 0.29) is 11.8 Å². The molecule has 0 bridgehead atoms. The molecule has 3 rings (SSSR count). The summed E-state index contributed by atoms with van der Waals surface area (Å²) < 4.78 is 18.2. The molecule has 0 saturated heterocycles. The molecule has 1 N–H and O–H groups in total. The molecule has 0 spiro atoms. The van der Waals surface area contributed by atoms with Gasteiger partial charge < -0.3 is 10.1 Å². The number of benzene rings is 2. The minimum absolute atomic E-state index is 0.286. The van der Waals surface area contributed by atoms with Crippen molar-refractivity contribution in [2.24, 2.45) is 0 Å². The monoisotopic (exact) mass is 271 g/mol. The molecule has 0 aliphatic carbocycles. The molecule has 4 heteroatoms. The number of hydrogen-bond donors (Lipinski definition) is 1. The highest BCUT2D eigenvalue weighted by Gasteiger charge is 2.19. The van der Waals surface area contributed by atoms with Gasteiger partial charge in [-0.2, -0.15) is 0 Å². The van der Waals surface area contributed by atoms with Crippen molar-refractivity contribution in [2.45, 2.75) is 6.42 Å². The molecule has 1 aliphatic heterocycles. The summed E-state index contributed by atoms with van der Waals surface area (Å²) in [6.45, 7) is 0.822. The fourth-order valence-electron chi connectivity index (χ4n) is 2.57. The van der Waals surface area contributed by atoms with Gasteiger partial charge in [0, 0.05) is 12.2 Å². The van der Waals surface area contributed by atoms with Crippen molar-refractivity contribution in [3.8, 4) is 11.1 Å². The minimum Gasteiger partial charge on any atom is -0.465 e. The van der Waals surface area contributed by atoms with E-state index in [1.807, 2.05) is 6.07 Å². The van der Waals surface area contributed by atoms with E-state index in [1.165, 1.54) is 19.2 Å². The molecule has 20 heavy (non-hydrogen) atoms. The maximum absolute atomic E-state index is 13.4. The summed E-state index contributed by atoms with van der Waals surface area (Å²) in [7, 11) is 1.35. The van der Waals surface area contributed by atoms with Gasteiger partial charge in [0.15, 0.2) is 0 Å². The third-order valence-electron chi connectivity index (χ3n) is 3.50. The van der Waals surface area contributed by atoms with Crippen molar-refractivity contribution in [3.05, 3.63) is 53.3 Å². The maximum atomic E-state index is 13.4. The molecule has 0 unspecified atom stereocenters. The molecule has 3 nitrogen and oxygen atoms in total. The Labute approximate surface area is 116 Å². The van der Waals surface area contributed by atoms with Crippen LogP contribution in [0.25, 0.3) is 11.1 Å². The van der Waals surface area contributed by atoms with Crippen LogP contribution >= 0.6 is 0 Å². The van der Waals surface area contributed by atoms with Gasteiger partial charge >= 0.3 is 5.97 Å². The molecule has 0 amide bonds. The Morgan fingerprint density at radius 3 is 2.90 bits per heavy atom. The Balaban J connectivity index is 2.19. The van der Waals surface area contributed by atoms with Crippen LogP contribution in [-0.4, -0.2) is 19.6 Å². The van der Waals surface area contributed by atoms with Gasteiger partial charge in [-0.15, -0.1) is 0 Å². The number of ether oxygens (including phenoxy) is 1. The molecule has 2 aromatic carbocycles. The van der Waals surface area contributed by atoms with E-state index in [9.17, 15) is 9.18 Å². The Kier molecular flexibility index (Phi) is 3.14. The first-order valence-electron chi connectivity index (χ1n) is 6.44. The van der Waals surface area contributed by atoms with Gasteiger partial charge in [-0.1, -0.05) is 12.1 Å². The van der Waals surface area contributed by atoms with Crippen molar-refractivity contribution in [1.82, 2.24) is 0 Å². The lowest BCUT2D eigenvalue weighted by molar-refractivity contribution is 0.0601. The lowest BCUT2D eigenvalue weighted by Crippen LogP contribution is -2.03. The number of hydrogen-bond acceptors (Lipinski definition) is 3. The van der Waals surface area contributed by atoms with Crippen molar-refractivity contribution in [1.29, 1.82) is 0 Å². The van der Waals surface area contributed by atoms with Crippen LogP contribution in [0.2, 0.25) is 0 Å². The molecule has 0 radical (unpaired) electrons. The zero-order chi connectivity index (χ0) is 14.1. The van der Waals surface area contributed by atoms with E-state index in [1.54, 1.807) is 18.2 Å². The minimum atomic E-state index is -0.390. The van der Waals surface area contributed by atoms with Gasteiger partial charge in [0.25, 0.3) is 0 Å². The van der Waals surface area contributed by atoms with E-state index >= 15 is 0 Å². The number of rotatable bonds is 2. The molecule has 0 aromatic heterocycles. The van der Waals surface area contributed by atoms with Gasteiger partial charge in [0.2, 0.25) is 0 Å². The van der Waals surface area contributed by atoms with Crippen LogP contribution in [0.4, 0.5) is 10.1 Å². The first-order chi connectivity index (χ1) is 9.69. The average molecular weight is 271 g/mol. The molecular formula is C16H14FNO2. The van der Waals surface area contributed by atoms with Crippen LogP contribution in [0.1, 0.15) is 15.9 Å². The fourth-order valence-corrected chi connectivity index (χ4v) is 2.57. The summed E-state index contributed by atoms with van der Waals surface area (Å²) >= 11 is 0. The molecule has 0 saturated carbocycles. The number of nitrogens with one attached hydrogen (secondary N) is 1. The Morgan fingerprint density at radius 1 is 1.30 bits per heavy atom. The van der Waals surface area contributed by atoms with Crippen molar-refractivity contribution < 1.29 is 13.9 Å². The number of esters is 1. The Hall–Kier alpha value is -2.36. The summed E-state index contributed by atoms with van der Waals surface area (Å²) in [5.41, 5.74) is 4.17. The lowest BCUT2D eigenvalue weighted by atomic mass is 9.95. The number of methoxy groups -OCH3 is 1. The highest BCUT2D eigenvalue weighted by atomic mass is 19.1. The van der Waals surface area contributed by atoms with E-state index in [0.29, 0.717) is 5.56 Å². The zero-order valence-electron chi connectivity index (χ0n) is 11.1. The first kappa shape index (κ1) is 12.7. The van der Waals surface area contributed by atoms with Gasteiger partial charge in [-0.25, -0.2) is 9.18 Å². The summed E-state index contributed by atoms with van der Waals surface area (Å²) in [6.07, 6.45) is 0.864. The summed E-state index contributed by atoms with van der Waals surface area (Å²) in [5, 5.41) is 3.24. The molecule has 0 atom stereocenters. The van der Waals surface area contributed by atoms with Gasteiger partial charge in [-0.3, -0.25) is 0 Å². The average Bonchev–Trinajstić information content (AvgIpc) is 2.93. The van der Waals surface area contributed by atoms with E-state index in [0.717, 1.165) is 35.3 Å².